The Kier molecular flexibility index (Phi) is 5.81. The lowest BCUT2D eigenvalue weighted by Crippen LogP contribution is -2.36. The molecule has 0 amide bonds. The van der Waals surface area contributed by atoms with Gasteiger partial charge in [0, 0.05) is 0 Å². The minimum Gasteiger partial charge on any atom is -0.462 e. The second-order valence-electron chi connectivity index (χ2n) is 4.91. The van der Waals surface area contributed by atoms with Gasteiger partial charge in [-0.05, 0) is 32.7 Å². The Morgan fingerprint density at radius 1 is 1.44 bits per heavy atom. The maximum absolute atomic E-state index is 11.7. The van der Waals surface area contributed by atoms with E-state index < -0.39 is 0 Å². The van der Waals surface area contributed by atoms with E-state index in [1.807, 2.05) is 14.0 Å². The number of rotatable bonds is 3. The average molecular weight is 227 g/mol. The summed E-state index contributed by atoms with van der Waals surface area (Å²) in [5.74, 6) is 0.649. The first-order valence-corrected chi connectivity index (χ1v) is 6.55. The summed E-state index contributed by atoms with van der Waals surface area (Å²) in [4.78, 5) is 11.7. The van der Waals surface area contributed by atoms with Gasteiger partial charge in [-0.3, -0.25) is 4.79 Å². The SMILES string of the molecule is CCCC1CCC[C@H](NC)C(=O)OC(C)C1. The Morgan fingerprint density at radius 3 is 2.81 bits per heavy atom. The quantitative estimate of drug-likeness (QED) is 0.753. The molecule has 1 fully saturated rings. The van der Waals surface area contributed by atoms with Crippen molar-refractivity contribution in [3.05, 3.63) is 0 Å². The van der Waals surface area contributed by atoms with Crippen LogP contribution >= 0.6 is 0 Å². The van der Waals surface area contributed by atoms with Crippen LogP contribution < -0.4 is 5.32 Å². The minimum absolute atomic E-state index is 0.0676. The second kappa shape index (κ2) is 6.89. The summed E-state index contributed by atoms with van der Waals surface area (Å²) >= 11 is 0. The lowest BCUT2D eigenvalue weighted by Gasteiger charge is -2.19. The Hall–Kier alpha value is -0.570. The molecule has 1 aliphatic heterocycles. The molecule has 0 aromatic carbocycles. The van der Waals surface area contributed by atoms with Crippen LogP contribution in [-0.4, -0.2) is 25.2 Å². The van der Waals surface area contributed by atoms with Gasteiger partial charge < -0.3 is 10.1 Å². The normalized spacial score (nSPS) is 32.4. The third-order valence-electron chi connectivity index (χ3n) is 3.42. The molecule has 1 rings (SSSR count). The van der Waals surface area contributed by atoms with Crippen molar-refractivity contribution in [2.24, 2.45) is 5.92 Å². The first-order valence-electron chi connectivity index (χ1n) is 6.55. The third-order valence-corrected chi connectivity index (χ3v) is 3.42. The van der Waals surface area contributed by atoms with Crippen molar-refractivity contribution in [1.29, 1.82) is 0 Å². The molecule has 16 heavy (non-hydrogen) atoms. The molecule has 0 radical (unpaired) electrons. The number of esters is 1. The van der Waals surface area contributed by atoms with Gasteiger partial charge in [0.2, 0.25) is 0 Å². The number of carbonyl (C=O) groups excluding carboxylic acids is 1. The Bertz CT molecular complexity index is 218. The van der Waals surface area contributed by atoms with Crippen molar-refractivity contribution in [2.45, 2.75) is 64.5 Å². The van der Waals surface area contributed by atoms with E-state index >= 15 is 0 Å². The largest absolute Gasteiger partial charge is 0.462 e. The second-order valence-corrected chi connectivity index (χ2v) is 4.91. The fourth-order valence-electron chi connectivity index (χ4n) is 2.58. The summed E-state index contributed by atoms with van der Waals surface area (Å²) < 4.78 is 5.45. The summed E-state index contributed by atoms with van der Waals surface area (Å²) in [6, 6.07) is -0.108. The predicted molar refractivity (Wildman–Crippen MR) is 65.3 cm³/mol. The lowest BCUT2D eigenvalue weighted by molar-refractivity contribution is -0.151. The molecular weight excluding hydrogens is 202 g/mol. The van der Waals surface area contributed by atoms with Crippen LogP contribution in [0.1, 0.15) is 52.4 Å². The molecule has 0 spiro atoms. The van der Waals surface area contributed by atoms with Gasteiger partial charge in [0.05, 0.1) is 6.10 Å². The first kappa shape index (κ1) is 13.5. The molecule has 3 nitrogen and oxygen atoms in total. The van der Waals surface area contributed by atoms with Crippen LogP contribution in [0.25, 0.3) is 0 Å². The van der Waals surface area contributed by atoms with Crippen LogP contribution in [0, 0.1) is 5.92 Å². The van der Waals surface area contributed by atoms with Crippen molar-refractivity contribution in [2.75, 3.05) is 7.05 Å². The molecule has 0 saturated carbocycles. The summed E-state index contributed by atoms with van der Waals surface area (Å²) in [7, 11) is 1.83. The van der Waals surface area contributed by atoms with Gasteiger partial charge in [0.1, 0.15) is 6.04 Å². The van der Waals surface area contributed by atoms with E-state index in [4.69, 9.17) is 4.74 Å². The van der Waals surface area contributed by atoms with Crippen molar-refractivity contribution in [1.82, 2.24) is 5.32 Å². The monoisotopic (exact) mass is 227 g/mol. The first-order chi connectivity index (χ1) is 7.67. The van der Waals surface area contributed by atoms with Gasteiger partial charge in [0.25, 0.3) is 0 Å². The highest BCUT2D eigenvalue weighted by Gasteiger charge is 2.24. The van der Waals surface area contributed by atoms with E-state index in [1.54, 1.807) is 0 Å². The van der Waals surface area contributed by atoms with E-state index in [-0.39, 0.29) is 18.1 Å². The number of likely N-dealkylation sites (N-methyl/N-ethyl adjacent to an activating group) is 1. The van der Waals surface area contributed by atoms with Crippen LogP contribution in [0.2, 0.25) is 0 Å². The fraction of sp³-hybridized carbons (Fsp3) is 0.923. The summed E-state index contributed by atoms with van der Waals surface area (Å²) in [6.07, 6.45) is 6.83. The number of nitrogens with one attached hydrogen (secondary N) is 1. The molecule has 94 valence electrons. The molecule has 1 saturated heterocycles. The Balaban J connectivity index is 2.56. The van der Waals surface area contributed by atoms with E-state index in [0.717, 1.165) is 25.2 Å². The number of ether oxygens (including phenoxy) is 1. The molecule has 0 aromatic rings. The van der Waals surface area contributed by atoms with Crippen LogP contribution in [0.3, 0.4) is 0 Å². The summed E-state index contributed by atoms with van der Waals surface area (Å²) in [5, 5.41) is 3.04. The van der Waals surface area contributed by atoms with Crippen molar-refractivity contribution < 1.29 is 9.53 Å². The molecular formula is C13H25NO2. The Labute approximate surface area is 98.9 Å². The topological polar surface area (TPSA) is 38.3 Å². The number of hydrogen-bond donors (Lipinski definition) is 1. The number of cyclic esters (lactones) is 1. The molecule has 0 bridgehead atoms. The Morgan fingerprint density at radius 2 is 2.19 bits per heavy atom. The van der Waals surface area contributed by atoms with E-state index in [1.165, 1.54) is 19.3 Å². The van der Waals surface area contributed by atoms with Gasteiger partial charge in [-0.1, -0.05) is 32.6 Å². The number of hydrogen-bond acceptors (Lipinski definition) is 3. The number of carbonyl (C=O) groups is 1. The highest BCUT2D eigenvalue weighted by Crippen LogP contribution is 2.24. The fourth-order valence-corrected chi connectivity index (χ4v) is 2.58. The van der Waals surface area contributed by atoms with Crippen LogP contribution in [0.15, 0.2) is 0 Å². The van der Waals surface area contributed by atoms with Crippen LogP contribution in [0.4, 0.5) is 0 Å². The summed E-state index contributed by atoms with van der Waals surface area (Å²) in [5.41, 5.74) is 0. The molecule has 0 aliphatic carbocycles. The predicted octanol–water partition coefficient (Wildman–Crippen LogP) is 2.50. The van der Waals surface area contributed by atoms with Crippen molar-refractivity contribution in [3.8, 4) is 0 Å². The van der Waals surface area contributed by atoms with E-state index in [2.05, 4.69) is 12.2 Å². The zero-order valence-corrected chi connectivity index (χ0v) is 10.8. The standard InChI is InChI=1S/C13H25NO2/c1-4-6-11-7-5-8-12(14-3)13(15)16-10(2)9-11/h10-12,14H,4-9H2,1-3H3/t10?,11?,12-/m0/s1. The average Bonchev–Trinajstić information content (AvgIpc) is 2.28. The highest BCUT2D eigenvalue weighted by molar-refractivity contribution is 5.75. The zero-order chi connectivity index (χ0) is 12.0. The maximum Gasteiger partial charge on any atom is 0.323 e. The van der Waals surface area contributed by atoms with Gasteiger partial charge in [-0.15, -0.1) is 0 Å². The molecule has 3 atom stereocenters. The molecule has 1 aliphatic rings. The van der Waals surface area contributed by atoms with Crippen LogP contribution in [-0.2, 0) is 9.53 Å². The zero-order valence-electron chi connectivity index (χ0n) is 10.8. The molecule has 1 N–H and O–H groups in total. The highest BCUT2D eigenvalue weighted by atomic mass is 16.5. The van der Waals surface area contributed by atoms with Gasteiger partial charge >= 0.3 is 5.97 Å². The van der Waals surface area contributed by atoms with E-state index in [9.17, 15) is 4.79 Å². The third kappa shape index (κ3) is 4.12. The molecule has 3 heteroatoms. The van der Waals surface area contributed by atoms with Gasteiger partial charge in [-0.25, -0.2) is 0 Å². The minimum atomic E-state index is -0.108. The van der Waals surface area contributed by atoms with E-state index in [0.29, 0.717) is 0 Å². The van der Waals surface area contributed by atoms with Gasteiger partial charge in [-0.2, -0.15) is 0 Å². The van der Waals surface area contributed by atoms with Crippen molar-refractivity contribution in [3.63, 3.8) is 0 Å². The molecule has 1 heterocycles. The lowest BCUT2D eigenvalue weighted by atomic mass is 9.91. The molecule has 0 aromatic heterocycles. The van der Waals surface area contributed by atoms with Gasteiger partial charge in [0.15, 0.2) is 0 Å². The molecule has 2 unspecified atom stereocenters. The maximum atomic E-state index is 11.7. The smallest absolute Gasteiger partial charge is 0.323 e. The van der Waals surface area contributed by atoms with Crippen LogP contribution in [0.5, 0.6) is 0 Å². The summed E-state index contributed by atoms with van der Waals surface area (Å²) in [6.45, 7) is 4.23. The van der Waals surface area contributed by atoms with Crippen molar-refractivity contribution >= 4 is 5.97 Å².